The highest BCUT2D eigenvalue weighted by atomic mass is 16.3. The number of rotatable bonds is 12. The van der Waals surface area contributed by atoms with E-state index in [9.17, 15) is 0 Å². The molecule has 16 aromatic carbocycles. The van der Waals surface area contributed by atoms with Crippen molar-refractivity contribution in [2.45, 2.75) is 0 Å². The third kappa shape index (κ3) is 11.7. The quantitative estimate of drug-likeness (QED) is 0.121. The minimum Gasteiger partial charge on any atom is -0.456 e. The number of hydrogen-bond donors (Lipinski definition) is 0. The van der Waals surface area contributed by atoms with Crippen molar-refractivity contribution < 1.29 is 8.83 Å². The molecule has 6 heterocycles. The van der Waals surface area contributed by atoms with E-state index in [4.69, 9.17) is 28.8 Å². The largest absolute Gasteiger partial charge is 0.456 e. The summed E-state index contributed by atoms with van der Waals surface area (Å²) in [7, 11) is 0. The second-order valence-corrected chi connectivity index (χ2v) is 28.4. The Labute approximate surface area is 645 Å². The van der Waals surface area contributed by atoms with Crippen LogP contribution in [0.2, 0.25) is 0 Å². The molecule has 0 unspecified atom stereocenters. The van der Waals surface area contributed by atoms with Crippen molar-refractivity contribution in [3.05, 3.63) is 400 Å². The highest BCUT2D eigenvalue weighted by molar-refractivity contribution is 6.15. The van der Waals surface area contributed by atoms with E-state index >= 15 is 0 Å². The average Bonchev–Trinajstić information content (AvgIpc) is 1.59. The molecule has 112 heavy (non-hydrogen) atoms. The normalized spacial score (nSPS) is 11.6. The van der Waals surface area contributed by atoms with Gasteiger partial charge in [-0.05, 0) is 148 Å². The van der Waals surface area contributed by atoms with Crippen LogP contribution in [-0.2, 0) is 0 Å². The van der Waals surface area contributed by atoms with Gasteiger partial charge in [-0.3, -0.25) is 0 Å². The molecule has 0 fully saturated rings. The molecule has 0 amide bonds. The summed E-state index contributed by atoms with van der Waals surface area (Å²) in [6.07, 6.45) is 0. The van der Waals surface area contributed by atoms with Crippen molar-refractivity contribution in [2.75, 3.05) is 0 Å². The first kappa shape index (κ1) is 65.2. The Hall–Kier alpha value is -15.1. The Morgan fingerprint density at radius 1 is 0.179 bits per heavy atom. The standard InChI is InChI=1S/2C52H33N3O/c1-3-13-35(14-4-1)45-33-46(36-15-5-2-6-16-36)54-52(53-45)39-18-11-17-37(31-39)38-27-30-48-44(32-38)42-19-7-9-22-47(42)55(48)40-28-25-34(26-29-40)41-21-12-24-50-51(41)43-20-8-10-23-49(43)56-50;1-3-12-36(13-4-1)45-33-46(37-14-5-2-6-15-37)54-52(53-45)38-24-22-34(23-25-38)39-28-31-48-44(32-39)42-16-7-9-19-47(42)55(48)40-29-26-35(27-30-40)41-18-11-21-50-51(41)43-17-8-10-20-49(43)56-50/h2*1-33H. The third-order valence-electron chi connectivity index (χ3n) is 21.7. The second kappa shape index (κ2) is 27.6. The van der Waals surface area contributed by atoms with Crippen LogP contribution in [0.3, 0.4) is 0 Å². The predicted molar refractivity (Wildman–Crippen MR) is 462 cm³/mol. The zero-order valence-electron chi connectivity index (χ0n) is 60.6. The number of nitrogens with zero attached hydrogens (tertiary/aromatic N) is 6. The fourth-order valence-electron chi connectivity index (χ4n) is 16.3. The van der Waals surface area contributed by atoms with Crippen LogP contribution in [0.4, 0.5) is 0 Å². The zero-order chi connectivity index (χ0) is 74.0. The first-order valence-corrected chi connectivity index (χ1v) is 37.8. The lowest BCUT2D eigenvalue weighted by atomic mass is 9.99. The Morgan fingerprint density at radius 2 is 0.482 bits per heavy atom. The van der Waals surface area contributed by atoms with Crippen molar-refractivity contribution >= 4 is 87.5 Å². The number of aromatic nitrogens is 6. The first-order valence-electron chi connectivity index (χ1n) is 37.8. The highest BCUT2D eigenvalue weighted by Gasteiger charge is 2.21. The molecule has 8 nitrogen and oxygen atoms in total. The second-order valence-electron chi connectivity index (χ2n) is 28.4. The lowest BCUT2D eigenvalue weighted by Crippen LogP contribution is -1.96. The molecule has 22 rings (SSSR count). The zero-order valence-corrected chi connectivity index (χ0v) is 60.6. The first-order chi connectivity index (χ1) is 55.5. The SMILES string of the molecule is c1ccc(-c2cc(-c3ccccc3)nc(-c3ccc(-c4ccc5c(c4)c4ccccc4n5-c4ccc(-c5cccc6oc7ccccc7c56)cc4)cc3)n2)cc1.c1ccc(-c2cc(-c3ccccc3)nc(-c3cccc(-c4ccc5c(c4)c4ccccc4n5-c4ccc(-c5cccc6oc7ccccc7c56)cc4)c3)n2)cc1. The van der Waals surface area contributed by atoms with E-state index in [0.29, 0.717) is 11.6 Å². The summed E-state index contributed by atoms with van der Waals surface area (Å²) in [5.74, 6) is 1.40. The van der Waals surface area contributed by atoms with Gasteiger partial charge in [0.1, 0.15) is 22.3 Å². The van der Waals surface area contributed by atoms with Gasteiger partial charge in [-0.1, -0.05) is 297 Å². The van der Waals surface area contributed by atoms with Gasteiger partial charge in [-0.25, -0.2) is 19.9 Å². The fourth-order valence-corrected chi connectivity index (χ4v) is 16.3. The molecule has 0 bridgehead atoms. The Balaban J connectivity index is 0.000000141. The van der Waals surface area contributed by atoms with E-state index in [-0.39, 0.29) is 0 Å². The molecule has 0 aliphatic rings. The number of hydrogen-bond acceptors (Lipinski definition) is 6. The summed E-state index contributed by atoms with van der Waals surface area (Å²) in [4.78, 5) is 20.3. The highest BCUT2D eigenvalue weighted by Crippen LogP contribution is 2.43. The molecule has 22 aromatic rings. The summed E-state index contributed by atoms with van der Waals surface area (Å²) in [5.41, 5.74) is 29.5. The maximum atomic E-state index is 6.20. The van der Waals surface area contributed by atoms with Crippen LogP contribution in [0.5, 0.6) is 0 Å². The van der Waals surface area contributed by atoms with E-state index < -0.39 is 0 Å². The van der Waals surface area contributed by atoms with Crippen LogP contribution >= 0.6 is 0 Å². The predicted octanol–water partition coefficient (Wildman–Crippen LogP) is 27.6. The van der Waals surface area contributed by atoms with E-state index in [1.54, 1.807) is 0 Å². The maximum absolute atomic E-state index is 6.20. The molecular weight excluding hydrogens is 1370 g/mol. The van der Waals surface area contributed by atoms with Gasteiger partial charge >= 0.3 is 0 Å². The molecule has 0 atom stereocenters. The molecule has 0 radical (unpaired) electrons. The van der Waals surface area contributed by atoms with E-state index in [1.807, 2.05) is 97.1 Å². The van der Waals surface area contributed by atoms with Gasteiger partial charge in [-0.2, -0.15) is 0 Å². The number of furan rings is 2. The fraction of sp³-hybridized carbons (Fsp3) is 0. The number of para-hydroxylation sites is 4. The molecule has 0 aliphatic heterocycles. The minimum atomic E-state index is 0.699. The van der Waals surface area contributed by atoms with Gasteiger partial charge in [0.25, 0.3) is 0 Å². The Kier molecular flexibility index (Phi) is 16.1. The monoisotopic (exact) mass is 1430 g/mol. The molecule has 0 aliphatic carbocycles. The molecule has 524 valence electrons. The van der Waals surface area contributed by atoms with Gasteiger partial charge in [0, 0.05) is 87.8 Å². The maximum Gasteiger partial charge on any atom is 0.160 e. The molecule has 0 saturated heterocycles. The smallest absolute Gasteiger partial charge is 0.160 e. The van der Waals surface area contributed by atoms with Crippen LogP contribution in [0, 0.1) is 0 Å². The Bertz CT molecular complexity index is 7210. The topological polar surface area (TPSA) is 87.7 Å². The summed E-state index contributed by atoms with van der Waals surface area (Å²) >= 11 is 0. The summed E-state index contributed by atoms with van der Waals surface area (Å²) in [5, 5.41) is 9.43. The van der Waals surface area contributed by atoms with E-state index in [0.717, 1.165) is 150 Å². The van der Waals surface area contributed by atoms with Crippen molar-refractivity contribution in [3.63, 3.8) is 0 Å². The van der Waals surface area contributed by atoms with E-state index in [1.165, 1.54) is 49.2 Å². The summed E-state index contributed by atoms with van der Waals surface area (Å²) in [6, 6.07) is 141. The number of fused-ring (bicyclic) bond motifs is 12. The number of benzene rings is 16. The van der Waals surface area contributed by atoms with E-state index in [2.05, 4.69) is 312 Å². The van der Waals surface area contributed by atoms with Crippen molar-refractivity contribution in [1.29, 1.82) is 0 Å². The van der Waals surface area contributed by atoms with Crippen molar-refractivity contribution in [2.24, 2.45) is 0 Å². The molecule has 0 spiro atoms. The summed E-state index contributed by atoms with van der Waals surface area (Å²) in [6.45, 7) is 0. The van der Waals surface area contributed by atoms with Gasteiger partial charge in [0.2, 0.25) is 0 Å². The van der Waals surface area contributed by atoms with Crippen molar-refractivity contribution in [3.8, 4) is 124 Å². The molecule has 8 heteroatoms. The van der Waals surface area contributed by atoms with Crippen LogP contribution in [0.15, 0.2) is 409 Å². The molecule has 0 saturated carbocycles. The van der Waals surface area contributed by atoms with Crippen LogP contribution in [-0.4, -0.2) is 29.1 Å². The van der Waals surface area contributed by atoms with Gasteiger partial charge in [0.15, 0.2) is 11.6 Å². The van der Waals surface area contributed by atoms with Gasteiger partial charge < -0.3 is 18.0 Å². The Morgan fingerprint density at radius 3 is 0.920 bits per heavy atom. The molecular formula is C104H66N6O2. The van der Waals surface area contributed by atoms with Crippen LogP contribution < -0.4 is 0 Å². The van der Waals surface area contributed by atoms with Gasteiger partial charge in [-0.15, -0.1) is 0 Å². The summed E-state index contributed by atoms with van der Waals surface area (Å²) < 4.78 is 17.1. The third-order valence-corrected chi connectivity index (χ3v) is 21.7. The van der Waals surface area contributed by atoms with Crippen LogP contribution in [0.25, 0.3) is 211 Å². The van der Waals surface area contributed by atoms with Crippen molar-refractivity contribution in [1.82, 2.24) is 29.1 Å². The van der Waals surface area contributed by atoms with Crippen LogP contribution in [0.1, 0.15) is 0 Å². The molecule has 6 aromatic heterocycles. The lowest BCUT2D eigenvalue weighted by molar-refractivity contribution is 0.668. The average molecular weight is 1430 g/mol. The lowest BCUT2D eigenvalue weighted by Gasteiger charge is -2.11. The van der Waals surface area contributed by atoms with Gasteiger partial charge in [0.05, 0.1) is 44.8 Å². The minimum absolute atomic E-state index is 0.699. The molecule has 0 N–H and O–H groups in total.